The summed E-state index contributed by atoms with van der Waals surface area (Å²) in [6.07, 6.45) is 3.59. The van der Waals surface area contributed by atoms with Crippen LogP contribution in [0.3, 0.4) is 0 Å². The first-order valence-corrected chi connectivity index (χ1v) is 6.27. The molecule has 0 spiro atoms. The zero-order chi connectivity index (χ0) is 12.4. The van der Waals surface area contributed by atoms with Gasteiger partial charge in [-0.15, -0.1) is 0 Å². The van der Waals surface area contributed by atoms with E-state index in [2.05, 4.69) is 31.0 Å². The van der Waals surface area contributed by atoms with Gasteiger partial charge in [0, 0.05) is 37.8 Å². The molecule has 92 valence electrons. The number of hydrogen-bond acceptors (Lipinski definition) is 2. The smallest absolute Gasteiger partial charge is 0.222 e. The van der Waals surface area contributed by atoms with E-state index in [1.165, 1.54) is 5.56 Å². The molecule has 3 heteroatoms. The zero-order valence-corrected chi connectivity index (χ0v) is 10.8. The van der Waals surface area contributed by atoms with Crippen LogP contribution in [0, 0.1) is 0 Å². The molecule has 1 saturated heterocycles. The summed E-state index contributed by atoms with van der Waals surface area (Å²) in [6, 6.07) is 4.27. The molecule has 0 N–H and O–H groups in total. The number of likely N-dealkylation sites (tertiary alicyclic amines) is 1. The number of carbonyl (C=O) groups is 1. The molecule has 1 aliphatic rings. The highest BCUT2D eigenvalue weighted by Gasteiger charge is 2.24. The fraction of sp³-hybridized carbons (Fsp3) is 0.571. The lowest BCUT2D eigenvalue weighted by Crippen LogP contribution is -2.35. The molecule has 0 saturated carbocycles. The lowest BCUT2D eigenvalue weighted by atomic mass is 9.91. The molecule has 1 fully saturated rings. The van der Waals surface area contributed by atoms with E-state index in [9.17, 15) is 4.79 Å². The Labute approximate surface area is 103 Å². The van der Waals surface area contributed by atoms with E-state index in [1.807, 2.05) is 18.1 Å². The Bertz CT molecular complexity index is 397. The zero-order valence-electron chi connectivity index (χ0n) is 10.8. The minimum atomic E-state index is 0.257. The molecule has 0 unspecified atom stereocenters. The van der Waals surface area contributed by atoms with Crippen LogP contribution in [-0.4, -0.2) is 29.4 Å². The second-order valence-corrected chi connectivity index (χ2v) is 5.18. The lowest BCUT2D eigenvalue weighted by molar-refractivity contribution is -0.132. The summed E-state index contributed by atoms with van der Waals surface area (Å²) >= 11 is 0. The third-order valence-corrected chi connectivity index (χ3v) is 3.50. The first kappa shape index (κ1) is 12.1. The summed E-state index contributed by atoms with van der Waals surface area (Å²) in [5.41, 5.74) is 2.39. The third kappa shape index (κ3) is 2.65. The first-order chi connectivity index (χ1) is 8.08. The van der Waals surface area contributed by atoms with Gasteiger partial charge < -0.3 is 4.90 Å². The first-order valence-electron chi connectivity index (χ1n) is 6.27. The Kier molecular flexibility index (Phi) is 3.46. The minimum absolute atomic E-state index is 0.257. The molecule has 0 bridgehead atoms. The molecular weight excluding hydrogens is 212 g/mol. The SMILES string of the molecule is CC(C)c1ccc([C@H]2CCC(=O)N(C)C2)cn1. The maximum Gasteiger partial charge on any atom is 0.222 e. The van der Waals surface area contributed by atoms with E-state index >= 15 is 0 Å². The molecule has 0 radical (unpaired) electrons. The van der Waals surface area contributed by atoms with Crippen molar-refractivity contribution in [3.8, 4) is 0 Å². The van der Waals surface area contributed by atoms with Crippen LogP contribution in [0.5, 0.6) is 0 Å². The normalized spacial score (nSPS) is 21.1. The van der Waals surface area contributed by atoms with Crippen LogP contribution in [0.1, 0.15) is 49.8 Å². The quantitative estimate of drug-likeness (QED) is 0.785. The molecule has 3 nitrogen and oxygen atoms in total. The van der Waals surface area contributed by atoms with Gasteiger partial charge in [-0.1, -0.05) is 19.9 Å². The highest BCUT2D eigenvalue weighted by Crippen LogP contribution is 2.26. The van der Waals surface area contributed by atoms with Crippen molar-refractivity contribution in [1.29, 1.82) is 0 Å². The Balaban J connectivity index is 2.10. The van der Waals surface area contributed by atoms with Gasteiger partial charge in [-0.05, 0) is 24.0 Å². The van der Waals surface area contributed by atoms with Crippen molar-refractivity contribution in [2.45, 2.75) is 38.5 Å². The van der Waals surface area contributed by atoms with Crippen molar-refractivity contribution < 1.29 is 4.79 Å². The summed E-state index contributed by atoms with van der Waals surface area (Å²) in [5, 5.41) is 0. The van der Waals surface area contributed by atoms with Crippen molar-refractivity contribution in [2.24, 2.45) is 0 Å². The molecule has 1 aromatic rings. The summed E-state index contributed by atoms with van der Waals surface area (Å²) in [7, 11) is 1.88. The summed E-state index contributed by atoms with van der Waals surface area (Å²) in [6.45, 7) is 5.12. The Hall–Kier alpha value is -1.38. The standard InChI is InChI=1S/C14H20N2O/c1-10(2)13-6-4-11(8-15-13)12-5-7-14(17)16(3)9-12/h4,6,8,10,12H,5,7,9H2,1-3H3/t12-/m0/s1. The Morgan fingerprint density at radius 1 is 1.41 bits per heavy atom. The number of piperidine rings is 1. The number of aromatic nitrogens is 1. The van der Waals surface area contributed by atoms with E-state index in [0.29, 0.717) is 18.3 Å². The molecule has 0 aromatic carbocycles. The van der Waals surface area contributed by atoms with Crippen molar-refractivity contribution in [3.05, 3.63) is 29.6 Å². The predicted molar refractivity (Wildman–Crippen MR) is 67.9 cm³/mol. The van der Waals surface area contributed by atoms with Crippen molar-refractivity contribution >= 4 is 5.91 Å². The van der Waals surface area contributed by atoms with Crippen LogP contribution in [0.4, 0.5) is 0 Å². The number of hydrogen-bond donors (Lipinski definition) is 0. The van der Waals surface area contributed by atoms with Crippen LogP contribution in [0.15, 0.2) is 18.3 Å². The van der Waals surface area contributed by atoms with Crippen LogP contribution in [-0.2, 0) is 4.79 Å². The van der Waals surface area contributed by atoms with Gasteiger partial charge >= 0.3 is 0 Å². The Morgan fingerprint density at radius 3 is 2.71 bits per heavy atom. The van der Waals surface area contributed by atoms with Gasteiger partial charge in [0.25, 0.3) is 0 Å². The monoisotopic (exact) mass is 232 g/mol. The van der Waals surface area contributed by atoms with Crippen LogP contribution < -0.4 is 0 Å². The van der Waals surface area contributed by atoms with E-state index in [1.54, 1.807) is 0 Å². The van der Waals surface area contributed by atoms with Crippen LogP contribution >= 0.6 is 0 Å². The summed E-state index contributed by atoms with van der Waals surface area (Å²) < 4.78 is 0. The number of carbonyl (C=O) groups excluding carboxylic acids is 1. The molecule has 1 amide bonds. The topological polar surface area (TPSA) is 33.2 Å². The van der Waals surface area contributed by atoms with Gasteiger partial charge in [0.2, 0.25) is 5.91 Å². The van der Waals surface area contributed by atoms with Gasteiger partial charge in [-0.2, -0.15) is 0 Å². The fourth-order valence-electron chi connectivity index (χ4n) is 2.28. The van der Waals surface area contributed by atoms with E-state index in [4.69, 9.17) is 0 Å². The van der Waals surface area contributed by atoms with Gasteiger partial charge in [0.1, 0.15) is 0 Å². The van der Waals surface area contributed by atoms with Gasteiger partial charge in [0.15, 0.2) is 0 Å². The second kappa shape index (κ2) is 4.86. The van der Waals surface area contributed by atoms with E-state index in [-0.39, 0.29) is 5.91 Å². The largest absolute Gasteiger partial charge is 0.345 e. The van der Waals surface area contributed by atoms with Gasteiger partial charge in [-0.25, -0.2) is 0 Å². The molecule has 0 aliphatic carbocycles. The molecule has 1 aromatic heterocycles. The van der Waals surface area contributed by atoms with E-state index in [0.717, 1.165) is 18.7 Å². The van der Waals surface area contributed by atoms with Gasteiger partial charge in [0.05, 0.1) is 0 Å². The number of rotatable bonds is 2. The van der Waals surface area contributed by atoms with Crippen molar-refractivity contribution in [1.82, 2.24) is 9.88 Å². The minimum Gasteiger partial charge on any atom is -0.345 e. The maximum atomic E-state index is 11.4. The van der Waals surface area contributed by atoms with Crippen LogP contribution in [0.25, 0.3) is 0 Å². The highest BCUT2D eigenvalue weighted by atomic mass is 16.2. The molecule has 17 heavy (non-hydrogen) atoms. The molecule has 2 rings (SSSR count). The Morgan fingerprint density at radius 2 is 2.18 bits per heavy atom. The number of likely N-dealkylation sites (N-methyl/N-ethyl adjacent to an activating group) is 1. The third-order valence-electron chi connectivity index (χ3n) is 3.50. The average Bonchev–Trinajstić information content (AvgIpc) is 2.33. The van der Waals surface area contributed by atoms with Gasteiger partial charge in [-0.3, -0.25) is 9.78 Å². The van der Waals surface area contributed by atoms with E-state index < -0.39 is 0 Å². The van der Waals surface area contributed by atoms with Crippen molar-refractivity contribution in [2.75, 3.05) is 13.6 Å². The summed E-state index contributed by atoms with van der Waals surface area (Å²) in [4.78, 5) is 17.7. The number of amides is 1. The fourth-order valence-corrected chi connectivity index (χ4v) is 2.28. The lowest BCUT2D eigenvalue weighted by Gasteiger charge is -2.29. The molecular formula is C14H20N2O. The number of nitrogens with zero attached hydrogens (tertiary/aromatic N) is 2. The summed E-state index contributed by atoms with van der Waals surface area (Å²) in [5.74, 6) is 1.18. The predicted octanol–water partition coefficient (Wildman–Crippen LogP) is 2.54. The average molecular weight is 232 g/mol. The molecule has 2 heterocycles. The highest BCUT2D eigenvalue weighted by molar-refractivity contribution is 5.76. The molecule has 1 atom stereocenters. The van der Waals surface area contributed by atoms with Crippen LogP contribution in [0.2, 0.25) is 0 Å². The molecule has 1 aliphatic heterocycles. The maximum absolute atomic E-state index is 11.4. The van der Waals surface area contributed by atoms with Crippen molar-refractivity contribution in [3.63, 3.8) is 0 Å². The second-order valence-electron chi connectivity index (χ2n) is 5.18. The number of pyridine rings is 1.